The van der Waals surface area contributed by atoms with Crippen LogP contribution >= 0.6 is 11.3 Å². The molecule has 4 rings (SSSR count). The normalized spacial score (nSPS) is 17.3. The quantitative estimate of drug-likeness (QED) is 0.853. The van der Waals surface area contributed by atoms with Gasteiger partial charge in [-0.3, -0.25) is 0 Å². The zero-order valence-electron chi connectivity index (χ0n) is 12.7. The summed E-state index contributed by atoms with van der Waals surface area (Å²) in [4.78, 5) is 1.09. The van der Waals surface area contributed by atoms with E-state index in [4.69, 9.17) is 9.47 Å². The van der Waals surface area contributed by atoms with Crippen LogP contribution in [-0.4, -0.2) is 26.1 Å². The second-order valence-corrected chi connectivity index (χ2v) is 8.97. The van der Waals surface area contributed by atoms with Crippen LogP contribution in [0.4, 0.5) is 0 Å². The van der Waals surface area contributed by atoms with E-state index < -0.39 is 10.0 Å². The van der Waals surface area contributed by atoms with Crippen molar-refractivity contribution in [1.82, 2.24) is 4.31 Å². The number of aryl methyl sites for hydroxylation is 1. The maximum Gasteiger partial charge on any atom is 0.252 e. The van der Waals surface area contributed by atoms with Gasteiger partial charge in [0.2, 0.25) is 6.79 Å². The maximum atomic E-state index is 12.8. The van der Waals surface area contributed by atoms with Crippen molar-refractivity contribution in [1.29, 1.82) is 0 Å². The van der Waals surface area contributed by atoms with Crippen molar-refractivity contribution in [2.75, 3.05) is 13.3 Å². The molecule has 2 aromatic rings. The average Bonchev–Trinajstić information content (AvgIpc) is 3.20. The molecule has 0 radical (unpaired) electrons. The minimum absolute atomic E-state index is 0.231. The van der Waals surface area contributed by atoms with Gasteiger partial charge in [0.05, 0.1) is 0 Å². The first-order chi connectivity index (χ1) is 11.1. The highest BCUT2D eigenvalue weighted by Crippen LogP contribution is 2.38. The Hall–Kier alpha value is -1.57. The number of fused-ring (bicyclic) bond motifs is 2. The second-order valence-electron chi connectivity index (χ2n) is 5.64. The third kappa shape index (κ3) is 2.52. The molecule has 23 heavy (non-hydrogen) atoms. The van der Waals surface area contributed by atoms with Gasteiger partial charge < -0.3 is 9.47 Å². The second kappa shape index (κ2) is 5.51. The standard InChI is InChI=1S/C16H17NO4S2/c1-2-13-3-4-16(22-13)23(18,19)17-6-5-11-7-14-15(21-10-20-14)8-12(11)9-17/h3-4,7-8H,2,5-6,9-10H2,1H3. The lowest BCUT2D eigenvalue weighted by molar-refractivity contribution is 0.174. The largest absolute Gasteiger partial charge is 0.454 e. The van der Waals surface area contributed by atoms with Gasteiger partial charge in [-0.1, -0.05) is 6.92 Å². The SMILES string of the molecule is CCc1ccc(S(=O)(=O)N2CCc3cc4c(cc3C2)OCO4)s1. The molecule has 0 spiro atoms. The highest BCUT2D eigenvalue weighted by Gasteiger charge is 2.31. The Balaban J connectivity index is 1.64. The fourth-order valence-electron chi connectivity index (χ4n) is 2.94. The molecule has 7 heteroatoms. The van der Waals surface area contributed by atoms with Crippen molar-refractivity contribution in [2.45, 2.75) is 30.5 Å². The molecule has 0 atom stereocenters. The highest BCUT2D eigenvalue weighted by atomic mass is 32.2. The summed E-state index contributed by atoms with van der Waals surface area (Å²) in [6.45, 7) is 3.14. The van der Waals surface area contributed by atoms with E-state index in [1.807, 2.05) is 25.1 Å². The van der Waals surface area contributed by atoms with Crippen molar-refractivity contribution in [2.24, 2.45) is 0 Å². The van der Waals surface area contributed by atoms with E-state index in [1.54, 1.807) is 10.4 Å². The van der Waals surface area contributed by atoms with Crippen molar-refractivity contribution in [3.8, 4) is 11.5 Å². The lowest BCUT2D eigenvalue weighted by atomic mass is 10.0. The van der Waals surface area contributed by atoms with E-state index in [-0.39, 0.29) is 6.79 Å². The molecule has 0 saturated heterocycles. The molecular weight excluding hydrogens is 334 g/mol. The van der Waals surface area contributed by atoms with Crippen LogP contribution in [0.1, 0.15) is 22.9 Å². The van der Waals surface area contributed by atoms with Gasteiger partial charge in [0, 0.05) is 18.0 Å². The van der Waals surface area contributed by atoms with E-state index in [2.05, 4.69) is 0 Å². The van der Waals surface area contributed by atoms with Crippen molar-refractivity contribution >= 4 is 21.4 Å². The Morgan fingerprint density at radius 2 is 1.91 bits per heavy atom. The van der Waals surface area contributed by atoms with Crippen LogP contribution in [0.15, 0.2) is 28.5 Å². The van der Waals surface area contributed by atoms with E-state index in [0.717, 1.165) is 28.2 Å². The molecule has 0 unspecified atom stereocenters. The summed E-state index contributed by atoms with van der Waals surface area (Å²) in [7, 11) is -3.43. The van der Waals surface area contributed by atoms with Crippen molar-refractivity contribution < 1.29 is 17.9 Å². The smallest absolute Gasteiger partial charge is 0.252 e. The molecule has 122 valence electrons. The summed E-state index contributed by atoms with van der Waals surface area (Å²) in [5.74, 6) is 1.46. The molecule has 5 nitrogen and oxygen atoms in total. The number of benzene rings is 1. The first-order valence-corrected chi connectivity index (χ1v) is 9.84. The summed E-state index contributed by atoms with van der Waals surface area (Å²) in [5, 5.41) is 0. The van der Waals surface area contributed by atoms with Crippen LogP contribution in [0.5, 0.6) is 11.5 Å². The van der Waals surface area contributed by atoms with E-state index in [9.17, 15) is 8.42 Å². The Bertz CT molecular complexity index is 857. The van der Waals surface area contributed by atoms with Crippen molar-refractivity contribution in [3.63, 3.8) is 0 Å². The Kier molecular flexibility index (Phi) is 3.59. The van der Waals surface area contributed by atoms with Crippen LogP contribution in [0.25, 0.3) is 0 Å². The van der Waals surface area contributed by atoms with Crippen molar-refractivity contribution in [3.05, 3.63) is 40.3 Å². The highest BCUT2D eigenvalue weighted by molar-refractivity contribution is 7.91. The third-order valence-corrected chi connectivity index (χ3v) is 7.79. The lowest BCUT2D eigenvalue weighted by Gasteiger charge is -2.27. The molecule has 1 aromatic heterocycles. The minimum atomic E-state index is -3.43. The Labute approximate surface area is 139 Å². The molecule has 1 aromatic carbocycles. The molecule has 3 heterocycles. The summed E-state index contributed by atoms with van der Waals surface area (Å²) in [5.41, 5.74) is 2.14. The lowest BCUT2D eigenvalue weighted by Crippen LogP contribution is -2.35. The molecule has 2 aliphatic heterocycles. The Morgan fingerprint density at radius 3 is 2.61 bits per heavy atom. The van der Waals surface area contributed by atoms with Crippen LogP contribution in [0.2, 0.25) is 0 Å². The van der Waals surface area contributed by atoms with Crippen LogP contribution in [0.3, 0.4) is 0 Å². The fourth-order valence-corrected chi connectivity index (χ4v) is 5.81. The van der Waals surface area contributed by atoms with Gasteiger partial charge in [0.15, 0.2) is 11.5 Å². The van der Waals surface area contributed by atoms with Crippen LogP contribution in [-0.2, 0) is 29.4 Å². The first kappa shape index (κ1) is 15.0. The van der Waals surface area contributed by atoms with Gasteiger partial charge in [-0.15, -0.1) is 11.3 Å². The number of rotatable bonds is 3. The van der Waals surface area contributed by atoms with E-state index >= 15 is 0 Å². The zero-order valence-corrected chi connectivity index (χ0v) is 14.4. The minimum Gasteiger partial charge on any atom is -0.454 e. The predicted molar refractivity (Wildman–Crippen MR) is 87.6 cm³/mol. The van der Waals surface area contributed by atoms with Gasteiger partial charge in [-0.05, 0) is 48.2 Å². The number of hydrogen-bond donors (Lipinski definition) is 0. The van der Waals surface area contributed by atoms with Gasteiger partial charge >= 0.3 is 0 Å². The molecule has 0 N–H and O–H groups in total. The summed E-state index contributed by atoms with van der Waals surface area (Å²) in [6, 6.07) is 7.49. The molecule has 0 saturated carbocycles. The summed E-state index contributed by atoms with van der Waals surface area (Å²) in [6.07, 6.45) is 1.55. The van der Waals surface area contributed by atoms with E-state index in [0.29, 0.717) is 29.5 Å². The van der Waals surface area contributed by atoms with Gasteiger partial charge in [0.25, 0.3) is 10.0 Å². The number of nitrogens with zero attached hydrogens (tertiary/aromatic N) is 1. The maximum absolute atomic E-state index is 12.8. The number of thiophene rings is 1. The summed E-state index contributed by atoms with van der Waals surface area (Å²) >= 11 is 1.36. The molecule has 0 bridgehead atoms. The van der Waals surface area contributed by atoms with Gasteiger partial charge in [-0.25, -0.2) is 8.42 Å². The zero-order chi connectivity index (χ0) is 16.0. The van der Waals surface area contributed by atoms with E-state index in [1.165, 1.54) is 11.3 Å². The third-order valence-electron chi connectivity index (χ3n) is 4.25. The Morgan fingerprint density at radius 1 is 1.17 bits per heavy atom. The topological polar surface area (TPSA) is 55.8 Å². The average molecular weight is 351 g/mol. The first-order valence-electron chi connectivity index (χ1n) is 7.58. The van der Waals surface area contributed by atoms with Crippen LogP contribution in [0, 0.1) is 0 Å². The molecule has 0 aliphatic carbocycles. The summed E-state index contributed by atoms with van der Waals surface area (Å²) < 4.78 is 38.5. The molecule has 0 fully saturated rings. The number of hydrogen-bond acceptors (Lipinski definition) is 5. The fraction of sp³-hybridized carbons (Fsp3) is 0.375. The molecule has 0 amide bonds. The monoisotopic (exact) mass is 351 g/mol. The number of ether oxygens (including phenoxy) is 2. The number of sulfonamides is 1. The predicted octanol–water partition coefficient (Wildman–Crippen LogP) is 2.79. The molecule has 2 aliphatic rings. The van der Waals surface area contributed by atoms with Gasteiger partial charge in [0.1, 0.15) is 4.21 Å². The van der Waals surface area contributed by atoms with Gasteiger partial charge in [-0.2, -0.15) is 4.31 Å². The molecular formula is C16H17NO4S2. The van der Waals surface area contributed by atoms with Crippen LogP contribution < -0.4 is 9.47 Å².